The molecule has 250 valence electrons. The number of aromatic hydroxyl groups is 1. The van der Waals surface area contributed by atoms with Gasteiger partial charge in [0, 0.05) is 55.8 Å². The van der Waals surface area contributed by atoms with Crippen molar-refractivity contribution in [3.8, 4) is 35.4 Å². The van der Waals surface area contributed by atoms with Crippen molar-refractivity contribution in [3.63, 3.8) is 0 Å². The Morgan fingerprint density at radius 2 is 2.06 bits per heavy atom. The van der Waals surface area contributed by atoms with Gasteiger partial charge in [-0.15, -0.1) is 6.42 Å². The number of hydrogen-bond acceptors (Lipinski definition) is 9. The smallest absolute Gasteiger partial charge is 0.319 e. The Bertz CT molecular complexity index is 2120. The van der Waals surface area contributed by atoms with Gasteiger partial charge < -0.3 is 24.8 Å². The van der Waals surface area contributed by atoms with Crippen LogP contribution >= 0.6 is 0 Å². The highest BCUT2D eigenvalue weighted by Crippen LogP contribution is 2.44. The van der Waals surface area contributed by atoms with Gasteiger partial charge >= 0.3 is 6.01 Å². The number of aromatic nitrogens is 3. The van der Waals surface area contributed by atoms with E-state index in [0.29, 0.717) is 37.1 Å². The van der Waals surface area contributed by atoms with Gasteiger partial charge in [0.2, 0.25) is 0 Å². The number of hydrogen-bond donors (Lipinski definition) is 2. The molecule has 6 heterocycles. The van der Waals surface area contributed by atoms with Crippen molar-refractivity contribution in [2.75, 3.05) is 51.3 Å². The van der Waals surface area contributed by atoms with Gasteiger partial charge in [-0.3, -0.25) is 9.88 Å². The molecule has 2 unspecified atom stereocenters. The van der Waals surface area contributed by atoms with Crippen LogP contribution in [0.1, 0.15) is 48.7 Å². The third kappa shape index (κ3) is 4.94. The number of piperazine rings is 1. The molecule has 4 atom stereocenters. The normalized spacial score (nSPS) is 29.5. The zero-order valence-corrected chi connectivity index (χ0v) is 26.5. The largest absolute Gasteiger partial charge is 0.508 e. The van der Waals surface area contributed by atoms with Gasteiger partial charge in [-0.2, -0.15) is 9.97 Å². The third-order valence-corrected chi connectivity index (χ3v) is 10.7. The van der Waals surface area contributed by atoms with E-state index >= 15 is 4.39 Å². The van der Waals surface area contributed by atoms with Crippen molar-refractivity contribution < 1.29 is 31.9 Å². The van der Waals surface area contributed by atoms with Gasteiger partial charge in [-0.05, 0) is 62.7 Å². The van der Waals surface area contributed by atoms with E-state index < -0.39 is 41.5 Å². The van der Waals surface area contributed by atoms with E-state index in [0.717, 1.165) is 25.8 Å². The van der Waals surface area contributed by atoms with E-state index in [2.05, 4.69) is 26.1 Å². The molecule has 0 aliphatic carbocycles. The fourth-order valence-electron chi connectivity index (χ4n) is 8.72. The minimum absolute atomic E-state index is 0.0772. The lowest BCUT2D eigenvalue weighted by atomic mass is 9.95. The van der Waals surface area contributed by atoms with Crippen molar-refractivity contribution in [1.82, 2.24) is 25.2 Å². The molecular formula is C36H37F3N6O3. The lowest BCUT2D eigenvalue weighted by Crippen LogP contribution is -2.66. The summed E-state index contributed by atoms with van der Waals surface area (Å²) in [4.78, 5) is 17.9. The monoisotopic (exact) mass is 661 g/mol. The molecule has 4 fully saturated rings. The quantitative estimate of drug-likeness (QED) is 0.262. The third-order valence-electron chi connectivity index (χ3n) is 10.7. The van der Waals surface area contributed by atoms with Crippen LogP contribution in [0, 0.1) is 24.0 Å². The second-order valence-electron chi connectivity index (χ2n) is 14.1. The van der Waals surface area contributed by atoms with Crippen LogP contribution in [-0.4, -0.2) is 94.2 Å². The fourth-order valence-corrected chi connectivity index (χ4v) is 8.72. The molecule has 2 N–H and O–H groups in total. The zero-order chi connectivity index (χ0) is 35.9. The topological polar surface area (TPSA) is 95.9 Å². The number of alkyl halides is 1. The number of rotatable bonds is 7. The Kier molecular flexibility index (Phi) is 6.46. The number of phenols is 1. The number of benzene rings is 2. The maximum atomic E-state index is 17.0. The van der Waals surface area contributed by atoms with Gasteiger partial charge in [-0.1, -0.05) is 12.0 Å². The summed E-state index contributed by atoms with van der Waals surface area (Å²) >= 11 is 0. The number of nitrogens with one attached hydrogen (secondary N) is 1. The van der Waals surface area contributed by atoms with Crippen LogP contribution in [0.4, 0.5) is 19.0 Å². The zero-order valence-electron chi connectivity index (χ0n) is 29.5. The van der Waals surface area contributed by atoms with E-state index in [9.17, 15) is 13.9 Å². The first kappa shape index (κ1) is 27.7. The molecular weight excluding hydrogens is 621 g/mol. The van der Waals surface area contributed by atoms with E-state index in [1.807, 2.05) is 11.8 Å². The van der Waals surface area contributed by atoms with Crippen LogP contribution in [0.5, 0.6) is 11.8 Å². The van der Waals surface area contributed by atoms with Crippen molar-refractivity contribution in [1.29, 1.82) is 0 Å². The average molecular weight is 662 g/mol. The average Bonchev–Trinajstić information content (AvgIpc) is 3.68. The number of phenolic OH excluding ortho intramolecular Hbond substituents is 1. The molecule has 8 rings (SSSR count). The van der Waals surface area contributed by atoms with Crippen molar-refractivity contribution in [3.05, 3.63) is 47.7 Å². The summed E-state index contributed by atoms with van der Waals surface area (Å²) in [7, 11) is -2.59. The summed E-state index contributed by atoms with van der Waals surface area (Å²) in [5.74, 6) is 0.933. The summed E-state index contributed by atoms with van der Waals surface area (Å²) in [5, 5.41) is 15.1. The minimum Gasteiger partial charge on any atom is -0.508 e. The van der Waals surface area contributed by atoms with E-state index in [1.54, 1.807) is 0 Å². The van der Waals surface area contributed by atoms with Crippen LogP contribution in [0.2, 0.25) is 0 Å². The molecule has 4 saturated heterocycles. The highest BCUT2D eigenvalue weighted by atomic mass is 19.1. The maximum Gasteiger partial charge on any atom is 0.319 e. The number of ether oxygens (including phenoxy) is 2. The van der Waals surface area contributed by atoms with Crippen LogP contribution in [-0.2, 0) is 4.74 Å². The number of halogens is 3. The molecule has 2 aromatic heterocycles. The van der Waals surface area contributed by atoms with Crippen molar-refractivity contribution in [2.24, 2.45) is 0 Å². The van der Waals surface area contributed by atoms with Gasteiger partial charge in [0.15, 0.2) is 5.82 Å². The lowest BCUT2D eigenvalue weighted by molar-refractivity contribution is 0.104. The second-order valence-corrected chi connectivity index (χ2v) is 14.1. The van der Waals surface area contributed by atoms with Gasteiger partial charge in [0.25, 0.3) is 0 Å². The number of anilines is 1. The van der Waals surface area contributed by atoms with E-state index in [-0.39, 0.29) is 64.6 Å². The van der Waals surface area contributed by atoms with Crippen LogP contribution < -0.4 is 15.0 Å². The van der Waals surface area contributed by atoms with Gasteiger partial charge in [0.05, 0.1) is 32.7 Å². The van der Waals surface area contributed by atoms with E-state index in [4.69, 9.17) is 25.0 Å². The summed E-state index contributed by atoms with van der Waals surface area (Å²) in [6.45, 7) is 3.88. The van der Waals surface area contributed by atoms with Crippen molar-refractivity contribution in [2.45, 2.75) is 61.8 Å². The van der Waals surface area contributed by atoms with Crippen molar-refractivity contribution >= 4 is 27.5 Å². The standard InChI is InChI=1S/C36H37F3N6O3/c1-4-24-27(38)7-6-21-12-23(46)13-25(28(21)24)30-29(39)31-26(15-40-30)32(44-17-34(2)9-10-35(18-44,43-34)19-47-3)42-33(41-31)48-20-36-8-5-11-45(36)16-22(37)14-36/h1,6-7,12-13,15,22,43,46H,5,8-11,14,16-20H2,2-3H3/t22-,34?,35?,36+/m1/s1/i3D3. The summed E-state index contributed by atoms with van der Waals surface area (Å²) < 4.78 is 81.0. The van der Waals surface area contributed by atoms with Gasteiger partial charge in [0.1, 0.15) is 41.4 Å². The molecule has 2 aromatic carbocycles. The maximum absolute atomic E-state index is 17.0. The highest BCUT2D eigenvalue weighted by Gasteiger charge is 2.52. The Hall–Kier alpha value is -4.18. The second kappa shape index (κ2) is 11.2. The molecule has 4 aromatic rings. The molecule has 48 heavy (non-hydrogen) atoms. The summed E-state index contributed by atoms with van der Waals surface area (Å²) in [5.41, 5.74) is -2.07. The lowest BCUT2D eigenvalue weighted by Gasteiger charge is -2.46. The number of terminal acetylenes is 1. The molecule has 12 heteroatoms. The molecule has 0 radical (unpaired) electrons. The Labute approximate surface area is 280 Å². The first-order chi connectivity index (χ1) is 24.2. The van der Waals surface area contributed by atoms with E-state index in [1.165, 1.54) is 30.5 Å². The summed E-state index contributed by atoms with van der Waals surface area (Å²) in [6, 6.07) is 5.21. The number of nitrogens with zero attached hydrogens (tertiary/aromatic N) is 5. The van der Waals surface area contributed by atoms with Crippen LogP contribution in [0.15, 0.2) is 30.5 Å². The first-order valence-corrected chi connectivity index (χ1v) is 16.2. The molecule has 2 bridgehead atoms. The molecule has 9 nitrogen and oxygen atoms in total. The SMILES string of the molecule is [2H]C([2H])([2H])OCC12CCC(C)(CN(c3nc(OC[C@@]45CCCN4C[C@H](F)C5)nc4c(F)c(-c5cc(O)cc6ccc(F)c(C#C)c56)ncc34)C1)N2. The fraction of sp³-hybridized carbons (Fsp3) is 0.472. The number of pyridine rings is 1. The Morgan fingerprint density at radius 3 is 2.90 bits per heavy atom. The molecule has 0 saturated carbocycles. The Morgan fingerprint density at radius 1 is 1.19 bits per heavy atom. The molecule has 4 aliphatic rings. The van der Waals surface area contributed by atoms with Crippen LogP contribution in [0.25, 0.3) is 32.9 Å². The number of fused-ring (bicyclic) bond motifs is 5. The van der Waals surface area contributed by atoms with Crippen LogP contribution in [0.3, 0.4) is 0 Å². The predicted molar refractivity (Wildman–Crippen MR) is 176 cm³/mol. The predicted octanol–water partition coefficient (Wildman–Crippen LogP) is 5.11. The minimum atomic E-state index is -2.59. The molecule has 0 amide bonds. The molecule has 0 spiro atoms. The first-order valence-electron chi connectivity index (χ1n) is 17.7. The van der Waals surface area contributed by atoms with Gasteiger partial charge in [-0.25, -0.2) is 13.2 Å². The molecule has 4 aliphatic heterocycles. The summed E-state index contributed by atoms with van der Waals surface area (Å²) in [6.07, 6.45) is 9.49. The highest BCUT2D eigenvalue weighted by molar-refractivity contribution is 6.03. The Balaban J connectivity index is 1.27. The number of methoxy groups -OCH3 is 1.